The largest absolute Gasteiger partial charge is 0.396 e. The Balaban J connectivity index is 1.81. The van der Waals surface area contributed by atoms with E-state index in [2.05, 4.69) is 15.3 Å². The van der Waals surface area contributed by atoms with Gasteiger partial charge in [-0.2, -0.15) is 0 Å². The number of nitrogens with zero attached hydrogens (tertiary/aromatic N) is 3. The van der Waals surface area contributed by atoms with E-state index in [-0.39, 0.29) is 17.7 Å². The average Bonchev–Trinajstić information content (AvgIpc) is 2.57. The Morgan fingerprint density at radius 2 is 2.12 bits per heavy atom. The summed E-state index contributed by atoms with van der Waals surface area (Å²) in [5, 5.41) is 23.6. The lowest BCUT2D eigenvalue weighted by Crippen LogP contribution is -2.37. The first-order chi connectivity index (χ1) is 12.0. The number of nitrogens with one attached hydrogen (secondary N) is 1. The number of hydrogen-bond donors (Lipinski definition) is 2. The van der Waals surface area contributed by atoms with Gasteiger partial charge in [0.1, 0.15) is 5.82 Å². The van der Waals surface area contributed by atoms with E-state index in [4.69, 9.17) is 0 Å². The predicted octanol–water partition coefficient (Wildman–Crippen LogP) is 3.32. The van der Waals surface area contributed by atoms with Gasteiger partial charge in [0.25, 0.3) is 5.69 Å². The number of nitro benzene ring substituents is 1. The zero-order valence-corrected chi connectivity index (χ0v) is 14.2. The standard InChI is InChI=1S/C18H22N4O3/c1-13-10-16(19-12-18(8-9-23)6-3-7-18)21-17(20-13)14-4-2-5-15(11-14)22(24)25/h2,4-5,10-11,23H,3,6-9,12H2,1H3,(H,19,20,21). The second-order valence-electron chi connectivity index (χ2n) is 6.71. The number of nitro groups is 1. The van der Waals surface area contributed by atoms with Gasteiger partial charge in [-0.3, -0.25) is 10.1 Å². The molecule has 132 valence electrons. The fourth-order valence-corrected chi connectivity index (χ4v) is 3.25. The van der Waals surface area contributed by atoms with Crippen LogP contribution in [-0.2, 0) is 0 Å². The number of aliphatic hydroxyl groups excluding tert-OH is 1. The molecule has 2 aromatic rings. The molecule has 3 rings (SSSR count). The topological polar surface area (TPSA) is 101 Å². The fraction of sp³-hybridized carbons (Fsp3) is 0.444. The molecule has 0 amide bonds. The Labute approximate surface area is 146 Å². The molecule has 0 atom stereocenters. The number of aryl methyl sites for hydroxylation is 1. The number of rotatable bonds is 7. The third-order valence-electron chi connectivity index (χ3n) is 4.87. The maximum Gasteiger partial charge on any atom is 0.270 e. The van der Waals surface area contributed by atoms with Crippen molar-refractivity contribution in [2.75, 3.05) is 18.5 Å². The van der Waals surface area contributed by atoms with E-state index in [1.165, 1.54) is 18.6 Å². The molecule has 0 radical (unpaired) electrons. The van der Waals surface area contributed by atoms with Crippen LogP contribution in [0.2, 0.25) is 0 Å². The molecule has 1 heterocycles. The normalized spacial score (nSPS) is 15.4. The molecule has 2 N–H and O–H groups in total. The minimum Gasteiger partial charge on any atom is -0.396 e. The summed E-state index contributed by atoms with van der Waals surface area (Å²) in [6, 6.07) is 8.21. The maximum atomic E-state index is 11.0. The summed E-state index contributed by atoms with van der Waals surface area (Å²) in [6.07, 6.45) is 4.22. The number of anilines is 1. The molecule has 1 aliphatic carbocycles. The van der Waals surface area contributed by atoms with Crippen LogP contribution in [0.15, 0.2) is 30.3 Å². The molecule has 1 saturated carbocycles. The van der Waals surface area contributed by atoms with Crippen molar-refractivity contribution in [1.82, 2.24) is 9.97 Å². The van der Waals surface area contributed by atoms with Crippen molar-refractivity contribution < 1.29 is 10.0 Å². The first-order valence-corrected chi connectivity index (χ1v) is 8.47. The number of hydrogen-bond acceptors (Lipinski definition) is 6. The highest BCUT2D eigenvalue weighted by molar-refractivity contribution is 5.61. The van der Waals surface area contributed by atoms with E-state index < -0.39 is 4.92 Å². The zero-order valence-electron chi connectivity index (χ0n) is 14.2. The molecule has 25 heavy (non-hydrogen) atoms. The van der Waals surface area contributed by atoms with Crippen molar-refractivity contribution in [3.63, 3.8) is 0 Å². The fourth-order valence-electron chi connectivity index (χ4n) is 3.25. The molecule has 7 nitrogen and oxygen atoms in total. The molecule has 0 bridgehead atoms. The monoisotopic (exact) mass is 342 g/mol. The van der Waals surface area contributed by atoms with Gasteiger partial charge >= 0.3 is 0 Å². The Morgan fingerprint density at radius 3 is 2.76 bits per heavy atom. The number of aliphatic hydroxyl groups is 1. The van der Waals surface area contributed by atoms with Gasteiger partial charge in [0.2, 0.25) is 0 Å². The molecule has 0 saturated heterocycles. The van der Waals surface area contributed by atoms with Crippen molar-refractivity contribution in [3.05, 3.63) is 46.1 Å². The van der Waals surface area contributed by atoms with Gasteiger partial charge in [-0.05, 0) is 31.6 Å². The van der Waals surface area contributed by atoms with E-state index in [1.54, 1.807) is 12.1 Å². The Kier molecular flexibility index (Phi) is 4.94. The van der Waals surface area contributed by atoms with Crippen LogP contribution in [-0.4, -0.2) is 33.1 Å². The van der Waals surface area contributed by atoms with Crippen LogP contribution in [0.1, 0.15) is 31.4 Å². The van der Waals surface area contributed by atoms with Gasteiger partial charge in [-0.1, -0.05) is 18.6 Å². The van der Waals surface area contributed by atoms with Crippen molar-refractivity contribution in [3.8, 4) is 11.4 Å². The van der Waals surface area contributed by atoms with Crippen LogP contribution in [0, 0.1) is 22.5 Å². The van der Waals surface area contributed by atoms with Crippen LogP contribution in [0.25, 0.3) is 11.4 Å². The summed E-state index contributed by atoms with van der Waals surface area (Å²) in [7, 11) is 0. The van der Waals surface area contributed by atoms with E-state index in [9.17, 15) is 15.2 Å². The minimum atomic E-state index is -0.423. The summed E-state index contributed by atoms with van der Waals surface area (Å²) in [5.74, 6) is 1.18. The highest BCUT2D eigenvalue weighted by atomic mass is 16.6. The predicted molar refractivity (Wildman–Crippen MR) is 95.3 cm³/mol. The lowest BCUT2D eigenvalue weighted by atomic mass is 9.67. The number of aromatic nitrogens is 2. The molecule has 1 fully saturated rings. The van der Waals surface area contributed by atoms with Gasteiger partial charge in [0.05, 0.1) is 4.92 Å². The van der Waals surface area contributed by atoms with E-state index in [0.717, 1.165) is 31.5 Å². The third kappa shape index (κ3) is 3.93. The quantitative estimate of drug-likeness (QED) is 0.591. The van der Waals surface area contributed by atoms with Crippen molar-refractivity contribution >= 4 is 11.5 Å². The van der Waals surface area contributed by atoms with Gasteiger partial charge < -0.3 is 10.4 Å². The van der Waals surface area contributed by atoms with Gasteiger partial charge in [-0.15, -0.1) is 0 Å². The molecular weight excluding hydrogens is 320 g/mol. The van der Waals surface area contributed by atoms with Gasteiger partial charge in [0.15, 0.2) is 5.82 Å². The Morgan fingerprint density at radius 1 is 1.32 bits per heavy atom. The highest BCUT2D eigenvalue weighted by Crippen LogP contribution is 2.43. The first kappa shape index (κ1) is 17.3. The molecular formula is C18H22N4O3. The van der Waals surface area contributed by atoms with Crippen LogP contribution in [0.4, 0.5) is 11.5 Å². The van der Waals surface area contributed by atoms with Crippen LogP contribution >= 0.6 is 0 Å². The second kappa shape index (κ2) is 7.14. The van der Waals surface area contributed by atoms with Crippen LogP contribution in [0.3, 0.4) is 0 Å². The number of non-ortho nitro benzene ring substituents is 1. The second-order valence-corrected chi connectivity index (χ2v) is 6.71. The molecule has 0 unspecified atom stereocenters. The Bertz CT molecular complexity index is 775. The smallest absolute Gasteiger partial charge is 0.270 e. The van der Waals surface area contributed by atoms with E-state index in [0.29, 0.717) is 17.2 Å². The van der Waals surface area contributed by atoms with E-state index >= 15 is 0 Å². The molecule has 0 spiro atoms. The van der Waals surface area contributed by atoms with Crippen LogP contribution < -0.4 is 5.32 Å². The van der Waals surface area contributed by atoms with Crippen molar-refractivity contribution in [1.29, 1.82) is 0 Å². The number of benzene rings is 1. The molecule has 0 aliphatic heterocycles. The van der Waals surface area contributed by atoms with Gasteiger partial charge in [-0.25, -0.2) is 9.97 Å². The van der Waals surface area contributed by atoms with E-state index in [1.807, 2.05) is 13.0 Å². The van der Waals surface area contributed by atoms with Crippen molar-refractivity contribution in [2.45, 2.75) is 32.6 Å². The minimum absolute atomic E-state index is 0.0217. The average molecular weight is 342 g/mol. The van der Waals surface area contributed by atoms with Crippen molar-refractivity contribution in [2.24, 2.45) is 5.41 Å². The lowest BCUT2D eigenvalue weighted by molar-refractivity contribution is -0.384. The summed E-state index contributed by atoms with van der Waals surface area (Å²) in [4.78, 5) is 19.5. The summed E-state index contributed by atoms with van der Waals surface area (Å²) in [5.41, 5.74) is 1.59. The molecule has 7 heteroatoms. The third-order valence-corrected chi connectivity index (χ3v) is 4.87. The molecule has 1 aliphatic rings. The molecule has 1 aromatic carbocycles. The highest BCUT2D eigenvalue weighted by Gasteiger charge is 2.36. The zero-order chi connectivity index (χ0) is 17.9. The first-order valence-electron chi connectivity index (χ1n) is 8.47. The lowest BCUT2D eigenvalue weighted by Gasteiger charge is -2.42. The molecule has 1 aromatic heterocycles. The summed E-state index contributed by atoms with van der Waals surface area (Å²) in [6.45, 7) is 2.84. The maximum absolute atomic E-state index is 11.0. The van der Waals surface area contributed by atoms with Crippen LogP contribution in [0.5, 0.6) is 0 Å². The SMILES string of the molecule is Cc1cc(NCC2(CCO)CCC2)nc(-c2cccc([N+](=O)[O-])c2)n1. The summed E-state index contributed by atoms with van der Waals surface area (Å²) < 4.78 is 0. The van der Waals surface area contributed by atoms with Gasteiger partial charge in [0, 0.05) is 42.6 Å². The summed E-state index contributed by atoms with van der Waals surface area (Å²) >= 11 is 0. The Hall–Kier alpha value is -2.54.